The Labute approximate surface area is 171 Å². The zero-order valence-electron chi connectivity index (χ0n) is 16.7. The lowest BCUT2D eigenvalue weighted by Crippen LogP contribution is -2.14. The smallest absolute Gasteiger partial charge is 0.343 e. The number of hydrogen-bond donors (Lipinski definition) is 0. The number of carbonyl (C=O) groups excluding carboxylic acids is 2. The van der Waals surface area contributed by atoms with E-state index in [1.54, 1.807) is 54.6 Å². The van der Waals surface area contributed by atoms with Crippen molar-refractivity contribution in [2.45, 2.75) is 33.1 Å². The monoisotopic (exact) mass is 388 g/mol. The molecule has 0 aliphatic heterocycles. The molecule has 4 nitrogen and oxygen atoms in total. The SMILES string of the molecule is CCCCc1ccc(OC(=O)c2ccccc2)c(OC(=O)c2ccccc2)c1C. The summed E-state index contributed by atoms with van der Waals surface area (Å²) in [5, 5.41) is 0. The summed E-state index contributed by atoms with van der Waals surface area (Å²) in [6.07, 6.45) is 2.95. The Hall–Kier alpha value is -3.40. The van der Waals surface area contributed by atoms with Crippen LogP contribution in [-0.4, -0.2) is 11.9 Å². The van der Waals surface area contributed by atoms with E-state index in [0.717, 1.165) is 30.4 Å². The lowest BCUT2D eigenvalue weighted by Gasteiger charge is -2.16. The molecule has 0 heterocycles. The minimum absolute atomic E-state index is 0.237. The number of rotatable bonds is 7. The molecule has 0 fully saturated rings. The Morgan fingerprint density at radius 1 is 0.759 bits per heavy atom. The number of ether oxygens (including phenoxy) is 2. The van der Waals surface area contributed by atoms with Crippen molar-refractivity contribution in [1.29, 1.82) is 0 Å². The van der Waals surface area contributed by atoms with E-state index in [2.05, 4.69) is 6.92 Å². The third-order valence-electron chi connectivity index (χ3n) is 4.70. The number of hydrogen-bond acceptors (Lipinski definition) is 4. The second kappa shape index (κ2) is 9.69. The first-order chi connectivity index (χ1) is 14.1. The van der Waals surface area contributed by atoms with Gasteiger partial charge in [0, 0.05) is 0 Å². The van der Waals surface area contributed by atoms with Gasteiger partial charge in [-0.05, 0) is 61.2 Å². The Balaban J connectivity index is 1.93. The van der Waals surface area contributed by atoms with Crippen LogP contribution in [-0.2, 0) is 6.42 Å². The fourth-order valence-corrected chi connectivity index (χ4v) is 3.01. The van der Waals surface area contributed by atoms with Crippen LogP contribution in [0.2, 0.25) is 0 Å². The minimum Gasteiger partial charge on any atom is -0.419 e. The molecule has 148 valence electrons. The Bertz CT molecular complexity index is 978. The fourth-order valence-electron chi connectivity index (χ4n) is 3.01. The molecule has 0 bridgehead atoms. The highest BCUT2D eigenvalue weighted by Crippen LogP contribution is 2.35. The van der Waals surface area contributed by atoms with Crippen LogP contribution in [0.1, 0.15) is 51.6 Å². The molecule has 0 atom stereocenters. The molecule has 3 aromatic carbocycles. The standard InChI is InChI=1S/C25H24O4/c1-3-4-11-19-16-17-22(28-24(26)20-12-7-5-8-13-20)23(18(19)2)29-25(27)21-14-9-6-10-15-21/h5-10,12-17H,3-4,11H2,1-2H3. The molecule has 0 aliphatic carbocycles. The van der Waals surface area contributed by atoms with E-state index in [0.29, 0.717) is 11.1 Å². The van der Waals surface area contributed by atoms with Crippen LogP contribution >= 0.6 is 0 Å². The number of esters is 2. The summed E-state index contributed by atoms with van der Waals surface area (Å²) >= 11 is 0. The molecule has 0 N–H and O–H groups in total. The van der Waals surface area contributed by atoms with Gasteiger partial charge in [0.25, 0.3) is 0 Å². The van der Waals surface area contributed by atoms with Gasteiger partial charge in [-0.15, -0.1) is 0 Å². The van der Waals surface area contributed by atoms with E-state index in [1.165, 1.54) is 0 Å². The summed E-state index contributed by atoms with van der Waals surface area (Å²) < 4.78 is 11.3. The molecule has 0 saturated carbocycles. The van der Waals surface area contributed by atoms with Gasteiger partial charge in [-0.25, -0.2) is 9.59 Å². The van der Waals surface area contributed by atoms with Crippen molar-refractivity contribution in [3.63, 3.8) is 0 Å². The molecule has 0 spiro atoms. The number of carbonyl (C=O) groups is 2. The number of benzene rings is 3. The highest BCUT2D eigenvalue weighted by atomic mass is 16.6. The minimum atomic E-state index is -0.497. The van der Waals surface area contributed by atoms with Gasteiger partial charge in [0.05, 0.1) is 11.1 Å². The lowest BCUT2D eigenvalue weighted by atomic mass is 10.0. The van der Waals surface area contributed by atoms with Crippen molar-refractivity contribution < 1.29 is 19.1 Å². The van der Waals surface area contributed by atoms with Crippen LogP contribution < -0.4 is 9.47 Å². The van der Waals surface area contributed by atoms with Crippen LogP contribution in [0.4, 0.5) is 0 Å². The molecule has 3 rings (SSSR count). The molecular formula is C25H24O4. The maximum absolute atomic E-state index is 12.6. The zero-order valence-corrected chi connectivity index (χ0v) is 16.7. The van der Waals surface area contributed by atoms with Gasteiger partial charge in [0.2, 0.25) is 0 Å². The topological polar surface area (TPSA) is 52.6 Å². The molecule has 0 amide bonds. The Morgan fingerprint density at radius 3 is 1.86 bits per heavy atom. The van der Waals surface area contributed by atoms with E-state index in [-0.39, 0.29) is 11.5 Å². The molecule has 0 saturated heterocycles. The van der Waals surface area contributed by atoms with E-state index in [4.69, 9.17) is 9.47 Å². The maximum atomic E-state index is 12.6. The van der Waals surface area contributed by atoms with Gasteiger partial charge in [0.1, 0.15) is 0 Å². The zero-order chi connectivity index (χ0) is 20.6. The first kappa shape index (κ1) is 20.3. The average molecular weight is 388 g/mol. The summed E-state index contributed by atoms with van der Waals surface area (Å²) in [6, 6.07) is 21.1. The van der Waals surface area contributed by atoms with E-state index >= 15 is 0 Å². The van der Waals surface area contributed by atoms with Gasteiger partial charge < -0.3 is 9.47 Å². The van der Waals surface area contributed by atoms with E-state index in [1.807, 2.05) is 25.1 Å². The van der Waals surface area contributed by atoms with Crippen LogP contribution in [0.25, 0.3) is 0 Å². The number of aryl methyl sites for hydroxylation is 1. The summed E-state index contributed by atoms with van der Waals surface area (Å²) in [4.78, 5) is 25.2. The summed E-state index contributed by atoms with van der Waals surface area (Å²) in [7, 11) is 0. The average Bonchev–Trinajstić information content (AvgIpc) is 2.76. The molecule has 3 aromatic rings. The molecule has 29 heavy (non-hydrogen) atoms. The fraction of sp³-hybridized carbons (Fsp3) is 0.200. The highest BCUT2D eigenvalue weighted by molar-refractivity contribution is 5.93. The number of unbranched alkanes of at least 4 members (excludes halogenated alkanes) is 1. The Morgan fingerprint density at radius 2 is 1.31 bits per heavy atom. The van der Waals surface area contributed by atoms with E-state index < -0.39 is 11.9 Å². The first-order valence-corrected chi connectivity index (χ1v) is 9.77. The summed E-state index contributed by atoms with van der Waals surface area (Å²) in [5.74, 6) is -0.459. The molecule has 0 unspecified atom stereocenters. The largest absolute Gasteiger partial charge is 0.419 e. The van der Waals surface area contributed by atoms with Gasteiger partial charge in [-0.2, -0.15) is 0 Å². The predicted molar refractivity (Wildman–Crippen MR) is 113 cm³/mol. The summed E-state index contributed by atoms with van der Waals surface area (Å²) in [6.45, 7) is 4.01. The van der Waals surface area contributed by atoms with Crippen LogP contribution in [0.5, 0.6) is 11.5 Å². The van der Waals surface area contributed by atoms with E-state index in [9.17, 15) is 9.59 Å². The second-order valence-electron chi connectivity index (χ2n) is 6.79. The molecule has 0 aromatic heterocycles. The highest BCUT2D eigenvalue weighted by Gasteiger charge is 2.20. The van der Waals surface area contributed by atoms with Crippen molar-refractivity contribution in [2.24, 2.45) is 0 Å². The summed E-state index contributed by atoms with van der Waals surface area (Å²) in [5.41, 5.74) is 2.75. The van der Waals surface area contributed by atoms with Crippen molar-refractivity contribution in [3.8, 4) is 11.5 Å². The maximum Gasteiger partial charge on any atom is 0.343 e. The van der Waals surface area contributed by atoms with Crippen molar-refractivity contribution in [2.75, 3.05) is 0 Å². The quantitative estimate of drug-likeness (QED) is 0.380. The third kappa shape index (κ3) is 5.11. The van der Waals surface area contributed by atoms with Crippen molar-refractivity contribution in [3.05, 3.63) is 95.1 Å². The van der Waals surface area contributed by atoms with Gasteiger partial charge >= 0.3 is 11.9 Å². The Kier molecular flexibility index (Phi) is 6.80. The molecule has 4 heteroatoms. The first-order valence-electron chi connectivity index (χ1n) is 9.77. The molecule has 0 radical (unpaired) electrons. The van der Waals surface area contributed by atoms with Crippen LogP contribution in [0.15, 0.2) is 72.8 Å². The third-order valence-corrected chi connectivity index (χ3v) is 4.70. The lowest BCUT2D eigenvalue weighted by molar-refractivity contribution is 0.0681. The normalized spacial score (nSPS) is 10.4. The van der Waals surface area contributed by atoms with Crippen molar-refractivity contribution >= 4 is 11.9 Å². The van der Waals surface area contributed by atoms with Crippen LogP contribution in [0.3, 0.4) is 0 Å². The second-order valence-corrected chi connectivity index (χ2v) is 6.79. The van der Waals surface area contributed by atoms with Crippen LogP contribution in [0, 0.1) is 6.92 Å². The van der Waals surface area contributed by atoms with Crippen molar-refractivity contribution in [1.82, 2.24) is 0 Å². The van der Waals surface area contributed by atoms with Gasteiger partial charge in [-0.3, -0.25) is 0 Å². The van der Waals surface area contributed by atoms with Gasteiger partial charge in [0.15, 0.2) is 11.5 Å². The molecule has 0 aliphatic rings. The van der Waals surface area contributed by atoms with Gasteiger partial charge in [-0.1, -0.05) is 55.8 Å². The molecular weight excluding hydrogens is 364 g/mol. The predicted octanol–water partition coefficient (Wildman–Crippen LogP) is 5.78.